The molecule has 1 rings (SSSR count). The average Bonchev–Trinajstić information content (AvgIpc) is 2.36. The summed E-state index contributed by atoms with van der Waals surface area (Å²) >= 11 is 0. The zero-order chi connectivity index (χ0) is 16.3. The minimum absolute atomic E-state index is 0.0252. The van der Waals surface area contributed by atoms with E-state index in [1.165, 1.54) is 26.2 Å². The number of esters is 1. The van der Waals surface area contributed by atoms with Crippen LogP contribution < -0.4 is 9.46 Å². The third-order valence-corrected chi connectivity index (χ3v) is 3.98. The molecule has 21 heavy (non-hydrogen) atoms. The summed E-state index contributed by atoms with van der Waals surface area (Å²) in [6.07, 6.45) is 0. The maximum absolute atomic E-state index is 12.2. The van der Waals surface area contributed by atoms with Crippen LogP contribution in [0.2, 0.25) is 0 Å². The minimum atomic E-state index is -3.82. The molecule has 0 radical (unpaired) electrons. The van der Waals surface area contributed by atoms with E-state index >= 15 is 0 Å². The Bertz CT molecular complexity index is 604. The van der Waals surface area contributed by atoms with E-state index in [2.05, 4.69) is 4.72 Å². The first kappa shape index (κ1) is 17.5. The van der Waals surface area contributed by atoms with Gasteiger partial charge in [-0.05, 0) is 39.8 Å². The molecule has 0 aliphatic carbocycles. The predicted octanol–water partition coefficient (Wildman–Crippen LogP) is 1.70. The van der Waals surface area contributed by atoms with Crippen LogP contribution in [0.15, 0.2) is 29.2 Å². The molecule has 7 heteroatoms. The van der Waals surface area contributed by atoms with Gasteiger partial charge in [0.05, 0.1) is 12.0 Å². The lowest BCUT2D eigenvalue weighted by Crippen LogP contribution is -2.42. The Hall–Kier alpha value is -1.60. The Morgan fingerprint density at radius 3 is 2.43 bits per heavy atom. The number of ether oxygens (including phenoxy) is 2. The molecule has 0 amide bonds. The second kappa shape index (κ2) is 6.44. The first-order chi connectivity index (χ1) is 9.55. The van der Waals surface area contributed by atoms with Crippen LogP contribution in [-0.4, -0.2) is 33.1 Å². The molecular formula is C14H21NO5S. The highest BCUT2D eigenvalue weighted by Gasteiger charge is 2.26. The number of nitrogens with one attached hydrogen (secondary N) is 1. The van der Waals surface area contributed by atoms with Crippen molar-refractivity contribution in [3.8, 4) is 5.75 Å². The Morgan fingerprint density at radius 2 is 1.90 bits per heavy atom. The maximum Gasteiger partial charge on any atom is 0.324 e. The Morgan fingerprint density at radius 1 is 1.29 bits per heavy atom. The second-order valence-electron chi connectivity index (χ2n) is 5.56. The van der Waals surface area contributed by atoms with Gasteiger partial charge in [-0.15, -0.1) is 0 Å². The van der Waals surface area contributed by atoms with E-state index in [4.69, 9.17) is 9.47 Å². The summed E-state index contributed by atoms with van der Waals surface area (Å²) in [6.45, 7) is 6.59. The van der Waals surface area contributed by atoms with Crippen molar-refractivity contribution in [2.75, 3.05) is 7.11 Å². The third-order valence-electron chi connectivity index (χ3n) is 2.44. The van der Waals surface area contributed by atoms with Gasteiger partial charge in [-0.1, -0.05) is 6.07 Å². The number of carbonyl (C=O) groups is 1. The molecule has 0 bridgehead atoms. The van der Waals surface area contributed by atoms with E-state index in [9.17, 15) is 13.2 Å². The van der Waals surface area contributed by atoms with E-state index in [1.807, 2.05) is 0 Å². The fourth-order valence-corrected chi connectivity index (χ4v) is 2.73. The summed E-state index contributed by atoms with van der Waals surface area (Å²) in [5.74, 6) is -0.211. The highest BCUT2D eigenvalue weighted by atomic mass is 32.2. The third kappa shape index (κ3) is 5.35. The van der Waals surface area contributed by atoms with Crippen LogP contribution in [0.5, 0.6) is 5.75 Å². The highest BCUT2D eigenvalue weighted by molar-refractivity contribution is 7.89. The van der Waals surface area contributed by atoms with Gasteiger partial charge in [-0.25, -0.2) is 8.42 Å². The standard InChI is InChI=1S/C14H21NO5S/c1-10(13(16)20-14(2,3)4)15-21(17,18)12-8-6-7-11(9-12)19-5/h6-10,15H,1-5H3/t10-/m1/s1. The van der Waals surface area contributed by atoms with Crippen LogP contribution in [0.25, 0.3) is 0 Å². The molecule has 0 saturated carbocycles. The fourth-order valence-electron chi connectivity index (χ4n) is 1.51. The monoisotopic (exact) mass is 315 g/mol. The van der Waals surface area contributed by atoms with Gasteiger partial charge < -0.3 is 9.47 Å². The molecule has 1 N–H and O–H groups in total. The number of hydrogen-bond donors (Lipinski definition) is 1. The topological polar surface area (TPSA) is 81.7 Å². The molecule has 1 atom stereocenters. The van der Waals surface area contributed by atoms with Crippen LogP contribution >= 0.6 is 0 Å². The number of benzene rings is 1. The van der Waals surface area contributed by atoms with Crippen LogP contribution in [0.3, 0.4) is 0 Å². The first-order valence-electron chi connectivity index (χ1n) is 6.44. The molecule has 6 nitrogen and oxygen atoms in total. The smallest absolute Gasteiger partial charge is 0.324 e. The molecule has 0 heterocycles. The van der Waals surface area contributed by atoms with Gasteiger partial charge in [0.2, 0.25) is 10.0 Å². The summed E-state index contributed by atoms with van der Waals surface area (Å²) in [7, 11) is -2.38. The van der Waals surface area contributed by atoms with Crippen molar-refractivity contribution < 1.29 is 22.7 Å². The molecule has 0 spiro atoms. The Kier molecular flexibility index (Phi) is 5.36. The Balaban J connectivity index is 2.87. The lowest BCUT2D eigenvalue weighted by molar-refractivity contribution is -0.156. The van der Waals surface area contributed by atoms with E-state index < -0.39 is 27.6 Å². The van der Waals surface area contributed by atoms with Crippen molar-refractivity contribution in [1.82, 2.24) is 4.72 Å². The zero-order valence-electron chi connectivity index (χ0n) is 12.8. The largest absolute Gasteiger partial charge is 0.497 e. The van der Waals surface area contributed by atoms with Gasteiger partial charge in [0.15, 0.2) is 0 Å². The molecule has 0 aliphatic rings. The molecular weight excluding hydrogens is 294 g/mol. The van der Waals surface area contributed by atoms with Gasteiger partial charge in [-0.2, -0.15) is 4.72 Å². The van der Waals surface area contributed by atoms with Crippen LogP contribution in [-0.2, 0) is 19.6 Å². The molecule has 0 unspecified atom stereocenters. The molecule has 0 saturated heterocycles. The lowest BCUT2D eigenvalue weighted by atomic mass is 10.2. The summed E-state index contributed by atoms with van der Waals surface area (Å²) < 4.78 is 36.8. The summed E-state index contributed by atoms with van der Waals surface area (Å²) in [6, 6.07) is 5.01. The molecule has 118 valence electrons. The van der Waals surface area contributed by atoms with Gasteiger partial charge in [0.25, 0.3) is 0 Å². The predicted molar refractivity (Wildman–Crippen MR) is 78.6 cm³/mol. The van der Waals surface area contributed by atoms with Gasteiger partial charge >= 0.3 is 5.97 Å². The highest BCUT2D eigenvalue weighted by Crippen LogP contribution is 2.17. The van der Waals surface area contributed by atoms with E-state index in [0.29, 0.717) is 5.75 Å². The minimum Gasteiger partial charge on any atom is -0.497 e. The lowest BCUT2D eigenvalue weighted by Gasteiger charge is -2.22. The van der Waals surface area contributed by atoms with Crippen molar-refractivity contribution in [2.45, 2.75) is 44.2 Å². The molecule has 0 fully saturated rings. The molecule has 0 aliphatic heterocycles. The number of hydrogen-bond acceptors (Lipinski definition) is 5. The van der Waals surface area contributed by atoms with E-state index in [-0.39, 0.29) is 4.90 Å². The summed E-state index contributed by atoms with van der Waals surface area (Å²) in [4.78, 5) is 11.8. The Labute approximate surface area is 125 Å². The van der Waals surface area contributed by atoms with Crippen molar-refractivity contribution in [3.05, 3.63) is 24.3 Å². The van der Waals surface area contributed by atoms with Gasteiger partial charge in [-0.3, -0.25) is 4.79 Å². The van der Waals surface area contributed by atoms with E-state index in [0.717, 1.165) is 0 Å². The molecule has 1 aromatic carbocycles. The van der Waals surface area contributed by atoms with Crippen LogP contribution in [0.4, 0.5) is 0 Å². The molecule has 1 aromatic rings. The van der Waals surface area contributed by atoms with Crippen molar-refractivity contribution in [2.24, 2.45) is 0 Å². The van der Waals surface area contributed by atoms with Crippen molar-refractivity contribution in [3.63, 3.8) is 0 Å². The van der Waals surface area contributed by atoms with Crippen LogP contribution in [0, 0.1) is 0 Å². The first-order valence-corrected chi connectivity index (χ1v) is 7.93. The summed E-state index contributed by atoms with van der Waals surface area (Å²) in [5, 5.41) is 0. The fraction of sp³-hybridized carbons (Fsp3) is 0.500. The SMILES string of the molecule is COc1cccc(S(=O)(=O)N[C@H](C)C(=O)OC(C)(C)C)c1. The average molecular weight is 315 g/mol. The quantitative estimate of drug-likeness (QED) is 0.836. The second-order valence-corrected chi connectivity index (χ2v) is 7.27. The van der Waals surface area contributed by atoms with Crippen LogP contribution in [0.1, 0.15) is 27.7 Å². The number of methoxy groups -OCH3 is 1. The van der Waals surface area contributed by atoms with Gasteiger partial charge in [0.1, 0.15) is 17.4 Å². The normalized spacial score (nSPS) is 13.6. The number of sulfonamides is 1. The zero-order valence-corrected chi connectivity index (χ0v) is 13.7. The number of carbonyl (C=O) groups excluding carboxylic acids is 1. The molecule has 0 aromatic heterocycles. The maximum atomic E-state index is 12.2. The number of rotatable bonds is 5. The van der Waals surface area contributed by atoms with Crippen molar-refractivity contribution >= 4 is 16.0 Å². The summed E-state index contributed by atoms with van der Waals surface area (Å²) in [5.41, 5.74) is -0.674. The van der Waals surface area contributed by atoms with Crippen molar-refractivity contribution in [1.29, 1.82) is 0 Å². The van der Waals surface area contributed by atoms with Gasteiger partial charge in [0, 0.05) is 6.07 Å². The van der Waals surface area contributed by atoms with E-state index in [1.54, 1.807) is 32.9 Å².